The summed E-state index contributed by atoms with van der Waals surface area (Å²) in [5.74, 6) is -0.915. The van der Waals surface area contributed by atoms with E-state index in [1.807, 2.05) is 19.1 Å². The van der Waals surface area contributed by atoms with Crippen molar-refractivity contribution >= 4 is 23.2 Å². The Morgan fingerprint density at radius 3 is 2.52 bits per heavy atom. The number of hydrogen-bond donors (Lipinski definition) is 1. The van der Waals surface area contributed by atoms with Crippen LogP contribution in [-0.2, 0) is 9.59 Å². The number of halogens is 1. The Labute approximate surface area is 133 Å². The van der Waals surface area contributed by atoms with Crippen LogP contribution in [-0.4, -0.2) is 17.9 Å². The molecule has 0 saturated carbocycles. The molecule has 4 nitrogen and oxygen atoms in total. The van der Waals surface area contributed by atoms with Crippen LogP contribution >= 0.6 is 0 Å². The summed E-state index contributed by atoms with van der Waals surface area (Å²) >= 11 is 0. The number of rotatable bonds is 3. The van der Waals surface area contributed by atoms with Crippen molar-refractivity contribution in [3.05, 3.63) is 59.4 Å². The predicted octanol–water partition coefficient (Wildman–Crippen LogP) is 3.19. The molecule has 1 fully saturated rings. The van der Waals surface area contributed by atoms with Crippen molar-refractivity contribution in [2.24, 2.45) is 0 Å². The number of nitrogens with zero attached hydrogens (tertiary/aromatic N) is 1. The molecule has 0 radical (unpaired) electrons. The fraction of sp³-hybridized carbons (Fsp3) is 0.222. The van der Waals surface area contributed by atoms with Gasteiger partial charge in [-0.1, -0.05) is 24.3 Å². The molecule has 2 aromatic carbocycles. The van der Waals surface area contributed by atoms with Crippen molar-refractivity contribution in [3.8, 4) is 0 Å². The van der Waals surface area contributed by atoms with Gasteiger partial charge in [0, 0.05) is 5.69 Å². The number of nitrogens with one attached hydrogen (secondary N) is 1. The van der Waals surface area contributed by atoms with Gasteiger partial charge in [0.25, 0.3) is 5.91 Å². The number of anilines is 2. The van der Waals surface area contributed by atoms with Crippen molar-refractivity contribution in [3.63, 3.8) is 0 Å². The Morgan fingerprint density at radius 2 is 1.83 bits per heavy atom. The van der Waals surface area contributed by atoms with Crippen LogP contribution in [0.2, 0.25) is 0 Å². The topological polar surface area (TPSA) is 49.4 Å². The number of hydrogen-bond acceptors (Lipinski definition) is 3. The van der Waals surface area contributed by atoms with E-state index in [0.29, 0.717) is 16.9 Å². The Hall–Kier alpha value is -2.69. The van der Waals surface area contributed by atoms with E-state index in [1.165, 1.54) is 11.0 Å². The highest BCUT2D eigenvalue weighted by atomic mass is 19.1. The standard InChI is InChI=1S/C18H17FN2O2/c1-11-7-8-13(9-14(11)19)20-15-10-17(22)21(18(15)23)16-6-4-3-5-12(16)2/h3-9,15,20H,10H2,1-2H3/t15-/m1/s1. The molecule has 5 heteroatoms. The first-order valence-corrected chi connectivity index (χ1v) is 7.42. The lowest BCUT2D eigenvalue weighted by Gasteiger charge is -2.18. The molecule has 0 unspecified atom stereocenters. The molecule has 1 atom stereocenters. The average Bonchev–Trinajstić information content (AvgIpc) is 2.78. The first-order valence-electron chi connectivity index (χ1n) is 7.42. The van der Waals surface area contributed by atoms with Gasteiger partial charge in [-0.2, -0.15) is 0 Å². The molecule has 1 aliphatic heterocycles. The van der Waals surface area contributed by atoms with Crippen molar-refractivity contribution in [1.29, 1.82) is 0 Å². The molecule has 2 amide bonds. The monoisotopic (exact) mass is 312 g/mol. The van der Waals surface area contributed by atoms with Gasteiger partial charge in [0.05, 0.1) is 12.1 Å². The maximum atomic E-state index is 13.6. The molecule has 1 saturated heterocycles. The highest BCUT2D eigenvalue weighted by Gasteiger charge is 2.40. The summed E-state index contributed by atoms with van der Waals surface area (Å²) in [5.41, 5.74) is 2.48. The van der Waals surface area contributed by atoms with Gasteiger partial charge in [0.1, 0.15) is 11.9 Å². The number of carbonyl (C=O) groups excluding carboxylic acids is 2. The van der Waals surface area contributed by atoms with Gasteiger partial charge in [0.2, 0.25) is 5.91 Å². The van der Waals surface area contributed by atoms with E-state index in [0.717, 1.165) is 5.56 Å². The largest absolute Gasteiger partial charge is 0.373 e. The Balaban J connectivity index is 1.84. The number of amides is 2. The van der Waals surface area contributed by atoms with Gasteiger partial charge in [-0.3, -0.25) is 9.59 Å². The third kappa shape index (κ3) is 2.82. The molecule has 1 heterocycles. The number of aryl methyl sites for hydroxylation is 2. The van der Waals surface area contributed by atoms with E-state index in [1.54, 1.807) is 31.2 Å². The lowest BCUT2D eigenvalue weighted by atomic mass is 10.1. The lowest BCUT2D eigenvalue weighted by Crippen LogP contribution is -2.35. The van der Waals surface area contributed by atoms with Crippen LogP contribution in [0.3, 0.4) is 0 Å². The van der Waals surface area contributed by atoms with E-state index >= 15 is 0 Å². The molecule has 0 aromatic heterocycles. The quantitative estimate of drug-likeness (QED) is 0.886. The minimum Gasteiger partial charge on any atom is -0.373 e. The van der Waals surface area contributed by atoms with Crippen LogP contribution in [0, 0.1) is 19.7 Å². The fourth-order valence-corrected chi connectivity index (χ4v) is 2.70. The second kappa shape index (κ2) is 5.83. The molecular formula is C18H17FN2O2. The van der Waals surface area contributed by atoms with E-state index in [-0.39, 0.29) is 24.1 Å². The van der Waals surface area contributed by atoms with Crippen LogP contribution in [0.1, 0.15) is 17.5 Å². The average molecular weight is 312 g/mol. The van der Waals surface area contributed by atoms with Crippen molar-refractivity contribution in [1.82, 2.24) is 0 Å². The zero-order valence-corrected chi connectivity index (χ0v) is 13.0. The van der Waals surface area contributed by atoms with E-state index in [4.69, 9.17) is 0 Å². The molecule has 118 valence electrons. The van der Waals surface area contributed by atoms with Crippen LogP contribution in [0.5, 0.6) is 0 Å². The van der Waals surface area contributed by atoms with Crippen LogP contribution in [0.25, 0.3) is 0 Å². The Bertz CT molecular complexity index is 788. The normalized spacial score (nSPS) is 17.7. The van der Waals surface area contributed by atoms with Gasteiger partial charge in [-0.15, -0.1) is 0 Å². The maximum Gasteiger partial charge on any atom is 0.256 e. The third-order valence-electron chi connectivity index (χ3n) is 4.02. The van der Waals surface area contributed by atoms with E-state index in [9.17, 15) is 14.0 Å². The smallest absolute Gasteiger partial charge is 0.256 e. The molecule has 0 aliphatic carbocycles. The van der Waals surface area contributed by atoms with E-state index in [2.05, 4.69) is 5.32 Å². The first-order chi connectivity index (χ1) is 11.0. The SMILES string of the molecule is Cc1ccc(N[C@@H]2CC(=O)N(c3ccccc3C)C2=O)cc1F. The number of carbonyl (C=O) groups is 2. The summed E-state index contributed by atoms with van der Waals surface area (Å²) < 4.78 is 13.6. The van der Waals surface area contributed by atoms with Crippen molar-refractivity contribution in [2.75, 3.05) is 10.2 Å². The predicted molar refractivity (Wildman–Crippen MR) is 86.8 cm³/mol. The molecule has 2 aromatic rings. The van der Waals surface area contributed by atoms with Crippen molar-refractivity contribution in [2.45, 2.75) is 26.3 Å². The Morgan fingerprint density at radius 1 is 1.09 bits per heavy atom. The van der Waals surface area contributed by atoms with Crippen molar-refractivity contribution < 1.29 is 14.0 Å². The molecule has 1 aliphatic rings. The summed E-state index contributed by atoms with van der Waals surface area (Å²) in [7, 11) is 0. The second-order valence-electron chi connectivity index (χ2n) is 5.72. The minimum atomic E-state index is -0.677. The van der Waals surface area contributed by atoms with Gasteiger partial charge in [0.15, 0.2) is 0 Å². The number of benzene rings is 2. The van der Waals surface area contributed by atoms with Gasteiger partial charge < -0.3 is 5.32 Å². The second-order valence-corrected chi connectivity index (χ2v) is 5.72. The molecule has 1 N–H and O–H groups in total. The summed E-state index contributed by atoms with van der Waals surface area (Å²) in [6.45, 7) is 3.52. The van der Waals surface area contributed by atoms with Gasteiger partial charge in [-0.25, -0.2) is 9.29 Å². The van der Waals surface area contributed by atoms with E-state index < -0.39 is 6.04 Å². The molecule has 23 heavy (non-hydrogen) atoms. The summed E-state index contributed by atoms with van der Waals surface area (Å²) in [5, 5.41) is 2.96. The summed E-state index contributed by atoms with van der Waals surface area (Å²) in [6, 6.07) is 11.2. The molecule has 0 spiro atoms. The number of imide groups is 1. The first kappa shape index (κ1) is 15.2. The van der Waals surface area contributed by atoms with Gasteiger partial charge in [-0.05, 0) is 43.2 Å². The van der Waals surface area contributed by atoms with Gasteiger partial charge >= 0.3 is 0 Å². The fourth-order valence-electron chi connectivity index (χ4n) is 2.70. The third-order valence-corrected chi connectivity index (χ3v) is 4.02. The zero-order valence-electron chi connectivity index (χ0n) is 13.0. The Kier molecular flexibility index (Phi) is 3.86. The van der Waals surface area contributed by atoms with Crippen LogP contribution in [0.4, 0.5) is 15.8 Å². The molecular weight excluding hydrogens is 295 g/mol. The minimum absolute atomic E-state index is 0.0582. The summed E-state index contributed by atoms with van der Waals surface area (Å²) in [6.07, 6.45) is 0.0582. The highest BCUT2D eigenvalue weighted by molar-refractivity contribution is 6.23. The summed E-state index contributed by atoms with van der Waals surface area (Å²) in [4.78, 5) is 26.0. The highest BCUT2D eigenvalue weighted by Crippen LogP contribution is 2.27. The van der Waals surface area contributed by atoms with Crippen LogP contribution in [0.15, 0.2) is 42.5 Å². The number of para-hydroxylation sites is 1. The molecule has 3 rings (SSSR count). The van der Waals surface area contributed by atoms with Crippen LogP contribution < -0.4 is 10.2 Å². The zero-order chi connectivity index (χ0) is 16.6. The lowest BCUT2D eigenvalue weighted by molar-refractivity contribution is -0.121. The maximum absolute atomic E-state index is 13.6. The molecule has 0 bridgehead atoms.